The van der Waals surface area contributed by atoms with Crippen molar-refractivity contribution in [3.8, 4) is 5.75 Å². The monoisotopic (exact) mass is 448 g/mol. The minimum Gasteiger partial charge on any atom is -0.483 e. The Morgan fingerprint density at radius 2 is 1.91 bits per heavy atom. The lowest BCUT2D eigenvalue weighted by Gasteiger charge is -2.35. The Balaban J connectivity index is 1.35. The highest BCUT2D eigenvalue weighted by Crippen LogP contribution is 2.27. The molecule has 0 bridgehead atoms. The average molecular weight is 449 g/mol. The van der Waals surface area contributed by atoms with Gasteiger partial charge in [-0.1, -0.05) is 6.07 Å². The number of ether oxygens (including phenoxy) is 1. The quantitative estimate of drug-likeness (QED) is 0.591. The molecule has 0 spiro atoms. The van der Waals surface area contributed by atoms with Crippen LogP contribution in [0.4, 0.5) is 27.9 Å². The van der Waals surface area contributed by atoms with Gasteiger partial charge in [-0.3, -0.25) is 0 Å². The fourth-order valence-corrected chi connectivity index (χ4v) is 3.56. The number of aromatic nitrogens is 3. The number of piperazine rings is 1. The zero-order valence-electron chi connectivity index (χ0n) is 18.8. The second-order valence-electron chi connectivity index (χ2n) is 7.87. The predicted octanol–water partition coefficient (Wildman–Crippen LogP) is 2.45. The fourth-order valence-electron chi connectivity index (χ4n) is 3.56. The Bertz CT molecular complexity index is 1100. The van der Waals surface area contributed by atoms with Crippen molar-refractivity contribution in [2.24, 2.45) is 0 Å². The van der Waals surface area contributed by atoms with E-state index in [4.69, 9.17) is 10.5 Å². The molecular weight excluding hydrogens is 420 g/mol. The smallest absolute Gasteiger partial charge is 0.321 e. The summed E-state index contributed by atoms with van der Waals surface area (Å²) in [6.07, 6.45) is 3.34. The van der Waals surface area contributed by atoms with Gasteiger partial charge in [-0.15, -0.1) is 0 Å². The summed E-state index contributed by atoms with van der Waals surface area (Å²) in [7, 11) is 3.94. The molecule has 1 aliphatic rings. The number of amides is 2. The third-order valence-corrected chi connectivity index (χ3v) is 5.34. The van der Waals surface area contributed by atoms with Crippen LogP contribution in [0.5, 0.6) is 5.75 Å². The van der Waals surface area contributed by atoms with Crippen LogP contribution < -0.4 is 25.6 Å². The van der Waals surface area contributed by atoms with Gasteiger partial charge in [-0.05, 0) is 36.4 Å². The Labute approximate surface area is 193 Å². The predicted molar refractivity (Wildman–Crippen MR) is 129 cm³/mol. The SMILES string of the molecule is CN(C)c1cccc(NC(=O)N2CCN(c3ncccc3OCc3ccnc(N)n3)CC2)c1. The molecule has 4 rings (SSSR count). The van der Waals surface area contributed by atoms with Crippen molar-refractivity contribution in [2.75, 3.05) is 61.1 Å². The lowest BCUT2D eigenvalue weighted by atomic mass is 10.2. The van der Waals surface area contributed by atoms with Crippen LogP contribution in [0.3, 0.4) is 0 Å². The third-order valence-electron chi connectivity index (χ3n) is 5.34. The van der Waals surface area contributed by atoms with Crippen LogP contribution in [-0.4, -0.2) is 66.2 Å². The van der Waals surface area contributed by atoms with Gasteiger partial charge in [-0.25, -0.2) is 19.7 Å². The highest BCUT2D eigenvalue weighted by molar-refractivity contribution is 5.90. The maximum Gasteiger partial charge on any atom is 0.321 e. The molecule has 0 atom stereocenters. The number of hydrogen-bond donors (Lipinski definition) is 2. The minimum atomic E-state index is -0.107. The molecule has 10 heteroatoms. The van der Waals surface area contributed by atoms with Gasteiger partial charge in [0, 0.05) is 64.0 Å². The van der Waals surface area contributed by atoms with Gasteiger partial charge >= 0.3 is 6.03 Å². The summed E-state index contributed by atoms with van der Waals surface area (Å²) in [6.45, 7) is 2.73. The number of benzene rings is 1. The maximum absolute atomic E-state index is 12.8. The number of nitrogen functional groups attached to an aromatic ring is 1. The number of anilines is 4. The number of nitrogens with two attached hydrogens (primary N) is 1. The standard InChI is InChI=1S/C23H28N8O2/c1-29(2)19-6-3-5-17(15-19)28-23(32)31-13-11-30(12-14-31)21-20(7-4-9-25-21)33-16-18-8-10-26-22(24)27-18/h3-10,15H,11-14,16H2,1-2H3,(H,28,32)(H2,24,26,27). The Kier molecular flexibility index (Phi) is 6.72. The number of hydrogen-bond acceptors (Lipinski definition) is 8. The fraction of sp³-hybridized carbons (Fsp3) is 0.304. The van der Waals surface area contributed by atoms with E-state index in [1.54, 1.807) is 18.5 Å². The highest BCUT2D eigenvalue weighted by Gasteiger charge is 2.24. The number of carbonyl (C=O) groups excluding carboxylic acids is 1. The molecule has 0 radical (unpaired) electrons. The molecule has 1 saturated heterocycles. The van der Waals surface area contributed by atoms with Gasteiger partial charge in [0.2, 0.25) is 5.95 Å². The number of nitrogens with zero attached hydrogens (tertiary/aromatic N) is 6. The molecule has 2 aromatic heterocycles. The number of urea groups is 1. The summed E-state index contributed by atoms with van der Waals surface area (Å²) in [6, 6.07) is 13.1. The summed E-state index contributed by atoms with van der Waals surface area (Å²) < 4.78 is 5.97. The van der Waals surface area contributed by atoms with Gasteiger partial charge < -0.3 is 30.5 Å². The molecule has 2 amide bonds. The second-order valence-corrected chi connectivity index (χ2v) is 7.87. The van der Waals surface area contributed by atoms with E-state index in [1.807, 2.05) is 60.3 Å². The molecule has 0 saturated carbocycles. The van der Waals surface area contributed by atoms with Gasteiger partial charge in [0.05, 0.1) is 5.69 Å². The third kappa shape index (κ3) is 5.59. The molecule has 1 aromatic carbocycles. The van der Waals surface area contributed by atoms with Crippen LogP contribution in [0.15, 0.2) is 54.9 Å². The van der Waals surface area contributed by atoms with Crippen LogP contribution in [0, 0.1) is 0 Å². The van der Waals surface area contributed by atoms with E-state index in [9.17, 15) is 4.79 Å². The van der Waals surface area contributed by atoms with Crippen molar-refractivity contribution in [2.45, 2.75) is 6.61 Å². The normalized spacial score (nSPS) is 13.5. The molecule has 0 aliphatic carbocycles. The molecule has 1 aliphatic heterocycles. The van der Waals surface area contributed by atoms with Crippen LogP contribution >= 0.6 is 0 Å². The number of carbonyl (C=O) groups is 1. The summed E-state index contributed by atoms with van der Waals surface area (Å²) in [5.74, 6) is 1.62. The number of pyridine rings is 1. The number of nitrogens with one attached hydrogen (secondary N) is 1. The van der Waals surface area contributed by atoms with E-state index >= 15 is 0 Å². The van der Waals surface area contributed by atoms with Gasteiger partial charge in [0.1, 0.15) is 6.61 Å². The highest BCUT2D eigenvalue weighted by atomic mass is 16.5. The maximum atomic E-state index is 12.8. The van der Waals surface area contributed by atoms with Crippen molar-refractivity contribution < 1.29 is 9.53 Å². The summed E-state index contributed by atoms with van der Waals surface area (Å²) in [5.41, 5.74) is 8.14. The van der Waals surface area contributed by atoms with E-state index < -0.39 is 0 Å². The van der Waals surface area contributed by atoms with Gasteiger partial charge in [0.15, 0.2) is 11.6 Å². The molecule has 3 heterocycles. The van der Waals surface area contributed by atoms with Crippen molar-refractivity contribution in [3.05, 3.63) is 60.6 Å². The summed E-state index contributed by atoms with van der Waals surface area (Å²) in [5, 5.41) is 3.00. The molecule has 0 unspecified atom stereocenters. The van der Waals surface area contributed by atoms with Crippen molar-refractivity contribution >= 4 is 29.2 Å². The zero-order chi connectivity index (χ0) is 23.2. The van der Waals surface area contributed by atoms with Crippen molar-refractivity contribution in [1.82, 2.24) is 19.9 Å². The first-order valence-corrected chi connectivity index (χ1v) is 10.7. The zero-order valence-corrected chi connectivity index (χ0v) is 18.8. The van der Waals surface area contributed by atoms with Crippen molar-refractivity contribution in [1.29, 1.82) is 0 Å². The van der Waals surface area contributed by atoms with E-state index in [2.05, 4.69) is 25.2 Å². The molecule has 10 nitrogen and oxygen atoms in total. The van der Waals surface area contributed by atoms with Crippen LogP contribution in [-0.2, 0) is 6.61 Å². The van der Waals surface area contributed by atoms with Crippen LogP contribution in [0.25, 0.3) is 0 Å². The molecule has 3 N–H and O–H groups in total. The first kappa shape index (κ1) is 22.1. The second kappa shape index (κ2) is 10.0. The first-order valence-electron chi connectivity index (χ1n) is 10.7. The van der Waals surface area contributed by atoms with Crippen LogP contribution in [0.1, 0.15) is 5.69 Å². The van der Waals surface area contributed by atoms with Gasteiger partial charge in [0.25, 0.3) is 0 Å². The minimum absolute atomic E-state index is 0.107. The largest absolute Gasteiger partial charge is 0.483 e. The Morgan fingerprint density at radius 3 is 2.67 bits per heavy atom. The van der Waals surface area contributed by atoms with Crippen molar-refractivity contribution in [3.63, 3.8) is 0 Å². The van der Waals surface area contributed by atoms with E-state index in [-0.39, 0.29) is 18.6 Å². The molecule has 172 valence electrons. The van der Waals surface area contributed by atoms with Crippen LogP contribution in [0.2, 0.25) is 0 Å². The van der Waals surface area contributed by atoms with E-state index in [0.717, 1.165) is 17.2 Å². The summed E-state index contributed by atoms with van der Waals surface area (Å²) >= 11 is 0. The Morgan fingerprint density at radius 1 is 1.09 bits per heavy atom. The molecular formula is C23H28N8O2. The molecule has 3 aromatic rings. The molecule has 1 fully saturated rings. The number of rotatable bonds is 6. The lowest BCUT2D eigenvalue weighted by molar-refractivity contribution is 0.208. The molecule has 33 heavy (non-hydrogen) atoms. The van der Waals surface area contributed by atoms with Gasteiger partial charge in [-0.2, -0.15) is 0 Å². The topological polar surface area (TPSA) is 113 Å². The summed E-state index contributed by atoms with van der Waals surface area (Å²) in [4.78, 5) is 31.3. The van der Waals surface area contributed by atoms with E-state index in [1.165, 1.54) is 0 Å². The first-order chi connectivity index (χ1) is 16.0. The average Bonchev–Trinajstić information content (AvgIpc) is 2.83. The Hall–Kier alpha value is -4.08. The van der Waals surface area contributed by atoms with E-state index in [0.29, 0.717) is 37.6 Å². The lowest BCUT2D eigenvalue weighted by Crippen LogP contribution is -2.50.